The van der Waals surface area contributed by atoms with E-state index in [0.29, 0.717) is 18.5 Å². The second-order valence-electron chi connectivity index (χ2n) is 4.86. The number of halogens is 5. The SMILES string of the molecule is Fc1ccc(NC2CCC(C(F)(F)F)CC2)c(Cl)c1. The number of nitrogens with one attached hydrogen (secondary N) is 1. The van der Waals surface area contributed by atoms with Crippen molar-refractivity contribution in [2.45, 2.75) is 37.9 Å². The van der Waals surface area contributed by atoms with Gasteiger partial charge in [0.2, 0.25) is 0 Å². The molecule has 1 aliphatic carbocycles. The maximum atomic E-state index is 12.9. The Morgan fingerprint density at radius 2 is 1.74 bits per heavy atom. The molecule has 106 valence electrons. The summed E-state index contributed by atoms with van der Waals surface area (Å²) in [7, 11) is 0. The molecule has 19 heavy (non-hydrogen) atoms. The first-order chi connectivity index (χ1) is 8.86. The maximum absolute atomic E-state index is 12.9. The largest absolute Gasteiger partial charge is 0.391 e. The van der Waals surface area contributed by atoms with Crippen molar-refractivity contribution in [3.05, 3.63) is 29.0 Å². The van der Waals surface area contributed by atoms with Crippen molar-refractivity contribution < 1.29 is 17.6 Å². The van der Waals surface area contributed by atoms with Crippen LogP contribution in [-0.2, 0) is 0 Å². The second kappa shape index (κ2) is 5.57. The third-order valence-corrected chi connectivity index (χ3v) is 3.79. The topological polar surface area (TPSA) is 12.0 Å². The summed E-state index contributed by atoms with van der Waals surface area (Å²) in [5.41, 5.74) is 0.568. The highest BCUT2D eigenvalue weighted by molar-refractivity contribution is 6.33. The van der Waals surface area contributed by atoms with Crippen LogP contribution in [0.3, 0.4) is 0 Å². The van der Waals surface area contributed by atoms with Gasteiger partial charge in [0.1, 0.15) is 5.82 Å². The minimum atomic E-state index is -4.10. The van der Waals surface area contributed by atoms with Crippen LogP contribution in [0, 0.1) is 11.7 Å². The molecule has 1 fully saturated rings. The first-order valence-corrected chi connectivity index (χ1v) is 6.52. The molecule has 0 aromatic heterocycles. The Bertz CT molecular complexity index is 439. The zero-order chi connectivity index (χ0) is 14.0. The van der Waals surface area contributed by atoms with E-state index in [1.54, 1.807) is 0 Å². The zero-order valence-corrected chi connectivity index (χ0v) is 10.9. The highest BCUT2D eigenvalue weighted by atomic mass is 35.5. The molecule has 1 aromatic carbocycles. The number of hydrogen-bond donors (Lipinski definition) is 1. The Morgan fingerprint density at radius 3 is 2.26 bits per heavy atom. The molecule has 1 aromatic rings. The molecule has 1 saturated carbocycles. The van der Waals surface area contributed by atoms with Crippen LogP contribution in [0.15, 0.2) is 18.2 Å². The fourth-order valence-corrected chi connectivity index (χ4v) is 2.61. The molecule has 0 aliphatic heterocycles. The second-order valence-corrected chi connectivity index (χ2v) is 5.27. The highest BCUT2D eigenvalue weighted by Gasteiger charge is 2.41. The lowest BCUT2D eigenvalue weighted by molar-refractivity contribution is -0.182. The zero-order valence-electron chi connectivity index (χ0n) is 10.1. The Hall–Kier alpha value is -0.970. The molecule has 0 atom stereocenters. The van der Waals surface area contributed by atoms with Crippen molar-refractivity contribution >= 4 is 17.3 Å². The predicted octanol–water partition coefficient (Wildman–Crippen LogP) is 5.01. The van der Waals surface area contributed by atoms with Gasteiger partial charge >= 0.3 is 6.18 Å². The van der Waals surface area contributed by atoms with Gasteiger partial charge < -0.3 is 5.32 Å². The standard InChI is InChI=1S/C13H14ClF4N/c14-11-7-9(15)3-6-12(11)19-10-4-1-8(2-5-10)13(16,17)18/h3,6-8,10,19H,1-2,4-5H2. The molecule has 0 spiro atoms. The minimum absolute atomic E-state index is 0.0402. The number of benzene rings is 1. The quantitative estimate of drug-likeness (QED) is 0.756. The van der Waals surface area contributed by atoms with E-state index < -0.39 is 17.9 Å². The van der Waals surface area contributed by atoms with E-state index in [-0.39, 0.29) is 23.9 Å². The van der Waals surface area contributed by atoms with Crippen molar-refractivity contribution in [2.75, 3.05) is 5.32 Å². The molecule has 0 bridgehead atoms. The fourth-order valence-electron chi connectivity index (χ4n) is 2.39. The molecule has 1 aliphatic rings. The fraction of sp³-hybridized carbons (Fsp3) is 0.538. The van der Waals surface area contributed by atoms with Crippen LogP contribution in [0.1, 0.15) is 25.7 Å². The average Bonchev–Trinajstić information content (AvgIpc) is 2.32. The van der Waals surface area contributed by atoms with E-state index in [2.05, 4.69) is 5.32 Å². The summed E-state index contributed by atoms with van der Waals surface area (Å²) < 4.78 is 50.4. The Balaban J connectivity index is 1.92. The van der Waals surface area contributed by atoms with Crippen molar-refractivity contribution in [3.63, 3.8) is 0 Å². The van der Waals surface area contributed by atoms with Gasteiger partial charge in [-0.3, -0.25) is 0 Å². The molecule has 0 radical (unpaired) electrons. The average molecular weight is 296 g/mol. The van der Waals surface area contributed by atoms with Gasteiger partial charge in [0.25, 0.3) is 0 Å². The van der Waals surface area contributed by atoms with Crippen LogP contribution < -0.4 is 5.32 Å². The normalized spacial score (nSPS) is 24.3. The van der Waals surface area contributed by atoms with Crippen molar-refractivity contribution in [1.29, 1.82) is 0 Å². The van der Waals surface area contributed by atoms with Crippen LogP contribution in [0.2, 0.25) is 5.02 Å². The lowest BCUT2D eigenvalue weighted by Crippen LogP contribution is -2.32. The summed E-state index contributed by atoms with van der Waals surface area (Å²) in [6, 6.07) is 3.93. The Kier molecular flexibility index (Phi) is 4.23. The van der Waals surface area contributed by atoms with Crippen molar-refractivity contribution in [2.24, 2.45) is 5.92 Å². The van der Waals surface area contributed by atoms with Crippen LogP contribution in [0.25, 0.3) is 0 Å². The van der Waals surface area contributed by atoms with Crippen LogP contribution in [0.5, 0.6) is 0 Å². The van der Waals surface area contributed by atoms with Gasteiger partial charge in [-0.05, 0) is 43.9 Å². The highest BCUT2D eigenvalue weighted by Crippen LogP contribution is 2.38. The minimum Gasteiger partial charge on any atom is -0.381 e. The van der Waals surface area contributed by atoms with E-state index in [1.165, 1.54) is 18.2 Å². The summed E-state index contributed by atoms with van der Waals surface area (Å²) in [5.74, 6) is -1.63. The number of hydrogen-bond acceptors (Lipinski definition) is 1. The van der Waals surface area contributed by atoms with Gasteiger partial charge in [-0.2, -0.15) is 13.2 Å². The van der Waals surface area contributed by atoms with Gasteiger partial charge in [-0.1, -0.05) is 11.6 Å². The summed E-state index contributed by atoms with van der Waals surface area (Å²) in [6.07, 6.45) is -2.96. The maximum Gasteiger partial charge on any atom is 0.391 e. The number of alkyl halides is 3. The van der Waals surface area contributed by atoms with Gasteiger partial charge in [0.05, 0.1) is 16.6 Å². The monoisotopic (exact) mass is 295 g/mol. The molecule has 0 heterocycles. The molecule has 1 N–H and O–H groups in total. The molecular weight excluding hydrogens is 282 g/mol. The van der Waals surface area contributed by atoms with E-state index >= 15 is 0 Å². The third kappa shape index (κ3) is 3.75. The lowest BCUT2D eigenvalue weighted by atomic mass is 9.85. The molecule has 0 saturated heterocycles. The predicted molar refractivity (Wildman–Crippen MR) is 66.8 cm³/mol. The first kappa shape index (κ1) is 14.4. The van der Waals surface area contributed by atoms with Gasteiger partial charge in [0.15, 0.2) is 0 Å². The summed E-state index contributed by atoms with van der Waals surface area (Å²) >= 11 is 5.87. The molecule has 2 rings (SSSR count). The van der Waals surface area contributed by atoms with Crippen LogP contribution in [0.4, 0.5) is 23.2 Å². The van der Waals surface area contributed by atoms with E-state index in [9.17, 15) is 17.6 Å². The molecule has 0 unspecified atom stereocenters. The summed E-state index contributed by atoms with van der Waals surface area (Å²) in [4.78, 5) is 0. The van der Waals surface area contributed by atoms with E-state index in [4.69, 9.17) is 11.6 Å². The van der Waals surface area contributed by atoms with E-state index in [1.807, 2.05) is 0 Å². The number of anilines is 1. The van der Waals surface area contributed by atoms with Gasteiger partial charge in [0, 0.05) is 6.04 Å². The molecular formula is C13H14ClF4N. The molecule has 0 amide bonds. The van der Waals surface area contributed by atoms with E-state index in [0.717, 1.165) is 0 Å². The molecule has 1 nitrogen and oxygen atoms in total. The summed E-state index contributed by atoms with van der Waals surface area (Å²) in [6.45, 7) is 0. The Labute approximate surface area is 113 Å². The summed E-state index contributed by atoms with van der Waals surface area (Å²) in [5, 5.41) is 3.33. The van der Waals surface area contributed by atoms with Crippen molar-refractivity contribution in [3.8, 4) is 0 Å². The first-order valence-electron chi connectivity index (χ1n) is 6.14. The number of rotatable bonds is 2. The third-order valence-electron chi connectivity index (χ3n) is 3.48. The molecule has 6 heteroatoms. The van der Waals surface area contributed by atoms with Crippen molar-refractivity contribution in [1.82, 2.24) is 0 Å². The lowest BCUT2D eigenvalue weighted by Gasteiger charge is -2.31. The van der Waals surface area contributed by atoms with Crippen LogP contribution >= 0.6 is 11.6 Å². The Morgan fingerprint density at radius 1 is 1.11 bits per heavy atom. The van der Waals surface area contributed by atoms with Crippen LogP contribution in [-0.4, -0.2) is 12.2 Å². The smallest absolute Gasteiger partial charge is 0.381 e. The van der Waals surface area contributed by atoms with Gasteiger partial charge in [-0.15, -0.1) is 0 Å². The van der Waals surface area contributed by atoms with Gasteiger partial charge in [-0.25, -0.2) is 4.39 Å².